The van der Waals surface area contributed by atoms with E-state index in [2.05, 4.69) is 24.4 Å². The number of aliphatic hydroxyl groups excluding tert-OH is 1. The molecule has 0 radical (unpaired) electrons. The van der Waals surface area contributed by atoms with Gasteiger partial charge in [-0.15, -0.1) is 0 Å². The van der Waals surface area contributed by atoms with Crippen molar-refractivity contribution >= 4 is 0 Å². The van der Waals surface area contributed by atoms with Crippen LogP contribution in [0.15, 0.2) is 18.2 Å². The molecule has 0 spiro atoms. The van der Waals surface area contributed by atoms with E-state index >= 15 is 0 Å². The maximum Gasteiger partial charge on any atom is 0.123 e. The summed E-state index contributed by atoms with van der Waals surface area (Å²) in [5, 5.41) is 12.6. The van der Waals surface area contributed by atoms with Gasteiger partial charge >= 0.3 is 0 Å². The summed E-state index contributed by atoms with van der Waals surface area (Å²) >= 11 is 0. The van der Waals surface area contributed by atoms with Crippen LogP contribution in [-0.4, -0.2) is 25.4 Å². The lowest BCUT2D eigenvalue weighted by atomic mass is 10.0. The van der Waals surface area contributed by atoms with Crippen molar-refractivity contribution in [2.45, 2.75) is 26.3 Å². The van der Waals surface area contributed by atoms with Crippen molar-refractivity contribution in [1.82, 2.24) is 5.32 Å². The van der Waals surface area contributed by atoms with E-state index in [1.54, 1.807) is 7.11 Å². The monoisotopic (exact) mass is 223 g/mol. The van der Waals surface area contributed by atoms with Gasteiger partial charge in [-0.1, -0.05) is 26.0 Å². The highest BCUT2D eigenvalue weighted by Gasteiger charge is 2.14. The van der Waals surface area contributed by atoms with Gasteiger partial charge in [-0.25, -0.2) is 0 Å². The van der Waals surface area contributed by atoms with Crippen LogP contribution < -0.4 is 10.1 Å². The molecule has 0 aromatic heterocycles. The van der Waals surface area contributed by atoms with Crippen molar-refractivity contribution in [3.63, 3.8) is 0 Å². The topological polar surface area (TPSA) is 41.5 Å². The van der Waals surface area contributed by atoms with Crippen LogP contribution in [0.3, 0.4) is 0 Å². The van der Waals surface area contributed by atoms with Crippen molar-refractivity contribution < 1.29 is 9.84 Å². The summed E-state index contributed by atoms with van der Waals surface area (Å²) in [6.07, 6.45) is 0.987. The Labute approximate surface area is 97.4 Å². The van der Waals surface area contributed by atoms with E-state index in [1.807, 2.05) is 13.0 Å². The molecule has 1 unspecified atom stereocenters. The zero-order valence-corrected chi connectivity index (χ0v) is 10.3. The minimum atomic E-state index is -0.0496. The van der Waals surface area contributed by atoms with Crippen LogP contribution in [-0.2, 0) is 6.42 Å². The number of likely N-dealkylation sites (N-methyl/N-ethyl adjacent to an activating group) is 1. The number of aliphatic hydroxyl groups is 1. The van der Waals surface area contributed by atoms with Crippen LogP contribution in [0, 0.1) is 0 Å². The fourth-order valence-electron chi connectivity index (χ4n) is 1.80. The Morgan fingerprint density at radius 3 is 2.62 bits per heavy atom. The van der Waals surface area contributed by atoms with Gasteiger partial charge in [-0.3, -0.25) is 0 Å². The second-order valence-electron chi connectivity index (χ2n) is 3.72. The van der Waals surface area contributed by atoms with E-state index in [-0.39, 0.29) is 12.6 Å². The minimum absolute atomic E-state index is 0.0496. The summed E-state index contributed by atoms with van der Waals surface area (Å²) < 4.78 is 5.32. The average Bonchev–Trinajstić information content (AvgIpc) is 2.35. The molecule has 0 amide bonds. The number of benzene rings is 1. The Kier molecular flexibility index (Phi) is 5.29. The first kappa shape index (κ1) is 13.0. The van der Waals surface area contributed by atoms with Gasteiger partial charge in [-0.05, 0) is 24.6 Å². The van der Waals surface area contributed by atoms with Crippen LogP contribution in [0.5, 0.6) is 5.75 Å². The van der Waals surface area contributed by atoms with Gasteiger partial charge in [0.05, 0.1) is 19.8 Å². The Morgan fingerprint density at radius 1 is 1.38 bits per heavy atom. The van der Waals surface area contributed by atoms with E-state index in [1.165, 1.54) is 5.56 Å². The van der Waals surface area contributed by atoms with Gasteiger partial charge in [0, 0.05) is 5.56 Å². The largest absolute Gasteiger partial charge is 0.496 e. The van der Waals surface area contributed by atoms with E-state index in [4.69, 9.17) is 4.74 Å². The molecule has 0 saturated carbocycles. The van der Waals surface area contributed by atoms with Gasteiger partial charge in [0.25, 0.3) is 0 Å². The molecule has 2 N–H and O–H groups in total. The average molecular weight is 223 g/mol. The summed E-state index contributed by atoms with van der Waals surface area (Å²) in [6, 6.07) is 6.07. The molecule has 0 heterocycles. The summed E-state index contributed by atoms with van der Waals surface area (Å²) in [7, 11) is 1.66. The van der Waals surface area contributed by atoms with Gasteiger partial charge in [0.2, 0.25) is 0 Å². The normalized spacial score (nSPS) is 12.5. The molecule has 0 saturated heterocycles. The highest BCUT2D eigenvalue weighted by Crippen LogP contribution is 2.26. The molecule has 0 fully saturated rings. The van der Waals surface area contributed by atoms with E-state index in [0.717, 1.165) is 24.3 Å². The number of hydrogen-bond acceptors (Lipinski definition) is 3. The maximum absolute atomic E-state index is 9.38. The second-order valence-corrected chi connectivity index (χ2v) is 3.72. The molecule has 0 aliphatic heterocycles. The smallest absolute Gasteiger partial charge is 0.123 e. The fourth-order valence-corrected chi connectivity index (χ4v) is 1.80. The third-order valence-corrected chi connectivity index (χ3v) is 2.71. The van der Waals surface area contributed by atoms with Gasteiger partial charge in [-0.2, -0.15) is 0 Å². The third-order valence-electron chi connectivity index (χ3n) is 2.71. The minimum Gasteiger partial charge on any atom is -0.496 e. The zero-order chi connectivity index (χ0) is 12.0. The number of nitrogens with one attached hydrogen (secondary N) is 1. The summed E-state index contributed by atoms with van der Waals surface area (Å²) in [5.41, 5.74) is 2.29. The van der Waals surface area contributed by atoms with Crippen molar-refractivity contribution in [2.24, 2.45) is 0 Å². The third kappa shape index (κ3) is 2.97. The molecule has 0 bridgehead atoms. The van der Waals surface area contributed by atoms with E-state index < -0.39 is 0 Å². The standard InChI is InChI=1S/C13H21NO2/c1-4-10-6-7-13(16-3)11(8-10)12(9-15)14-5-2/h6-8,12,14-15H,4-5,9H2,1-3H3. The number of ether oxygens (including phenoxy) is 1. The summed E-state index contributed by atoms with van der Waals surface area (Å²) in [4.78, 5) is 0. The number of hydrogen-bond donors (Lipinski definition) is 2. The fraction of sp³-hybridized carbons (Fsp3) is 0.538. The first-order chi connectivity index (χ1) is 7.76. The van der Waals surface area contributed by atoms with Crippen LogP contribution in [0.25, 0.3) is 0 Å². The number of aryl methyl sites for hydroxylation is 1. The van der Waals surface area contributed by atoms with Crippen LogP contribution in [0.1, 0.15) is 31.0 Å². The Balaban J connectivity index is 3.05. The molecule has 1 aromatic rings. The van der Waals surface area contributed by atoms with Crippen LogP contribution >= 0.6 is 0 Å². The van der Waals surface area contributed by atoms with Crippen LogP contribution in [0.2, 0.25) is 0 Å². The Bertz CT molecular complexity index is 326. The molecule has 0 aliphatic carbocycles. The first-order valence-corrected chi connectivity index (χ1v) is 5.77. The molecule has 3 nitrogen and oxygen atoms in total. The van der Waals surface area contributed by atoms with E-state index in [0.29, 0.717) is 0 Å². The molecule has 90 valence electrons. The molecule has 1 aromatic carbocycles. The van der Waals surface area contributed by atoms with Gasteiger partial charge < -0.3 is 15.2 Å². The van der Waals surface area contributed by atoms with Crippen molar-refractivity contribution in [1.29, 1.82) is 0 Å². The predicted molar refractivity (Wildman–Crippen MR) is 65.9 cm³/mol. The van der Waals surface area contributed by atoms with Crippen molar-refractivity contribution in [3.05, 3.63) is 29.3 Å². The van der Waals surface area contributed by atoms with Crippen LogP contribution in [0.4, 0.5) is 0 Å². The SMILES string of the molecule is CCNC(CO)c1cc(CC)ccc1OC. The summed E-state index contributed by atoms with van der Waals surface area (Å²) in [5.74, 6) is 0.831. The molecule has 1 rings (SSSR count). The number of rotatable bonds is 6. The highest BCUT2D eigenvalue weighted by molar-refractivity contribution is 5.39. The quantitative estimate of drug-likeness (QED) is 0.774. The molecule has 3 heteroatoms. The molecular formula is C13H21NO2. The molecule has 16 heavy (non-hydrogen) atoms. The second kappa shape index (κ2) is 6.51. The van der Waals surface area contributed by atoms with Gasteiger partial charge in [0.1, 0.15) is 5.75 Å². The molecule has 1 atom stereocenters. The Morgan fingerprint density at radius 2 is 2.12 bits per heavy atom. The first-order valence-electron chi connectivity index (χ1n) is 5.77. The summed E-state index contributed by atoms with van der Waals surface area (Å²) in [6.45, 7) is 5.05. The number of methoxy groups -OCH3 is 1. The van der Waals surface area contributed by atoms with Crippen molar-refractivity contribution in [2.75, 3.05) is 20.3 Å². The van der Waals surface area contributed by atoms with Gasteiger partial charge in [0.15, 0.2) is 0 Å². The maximum atomic E-state index is 9.38. The zero-order valence-electron chi connectivity index (χ0n) is 10.3. The predicted octanol–water partition coefficient (Wildman–Crippen LogP) is 1.90. The lowest BCUT2D eigenvalue weighted by Gasteiger charge is -2.19. The highest BCUT2D eigenvalue weighted by atomic mass is 16.5. The lowest BCUT2D eigenvalue weighted by Crippen LogP contribution is -2.24. The molecule has 0 aliphatic rings. The molecular weight excluding hydrogens is 202 g/mol. The Hall–Kier alpha value is -1.06. The van der Waals surface area contributed by atoms with E-state index in [9.17, 15) is 5.11 Å². The lowest BCUT2D eigenvalue weighted by molar-refractivity contribution is 0.243. The van der Waals surface area contributed by atoms with Crippen molar-refractivity contribution in [3.8, 4) is 5.75 Å².